The van der Waals surface area contributed by atoms with Crippen molar-refractivity contribution in [1.82, 2.24) is 5.32 Å². The number of carbonyl (C=O) groups is 2. The van der Waals surface area contributed by atoms with Gasteiger partial charge in [0.2, 0.25) is 5.91 Å². The van der Waals surface area contributed by atoms with Crippen molar-refractivity contribution in [3.8, 4) is 0 Å². The summed E-state index contributed by atoms with van der Waals surface area (Å²) >= 11 is 0. The quantitative estimate of drug-likeness (QED) is 0.732. The third-order valence-corrected chi connectivity index (χ3v) is 4.38. The Morgan fingerprint density at radius 2 is 1.78 bits per heavy atom. The van der Waals surface area contributed by atoms with Crippen molar-refractivity contribution in [2.45, 2.75) is 39.2 Å². The van der Waals surface area contributed by atoms with E-state index in [0.29, 0.717) is 0 Å². The number of amides is 1. The maximum atomic E-state index is 12.3. The molecule has 0 aromatic heterocycles. The van der Waals surface area contributed by atoms with Crippen LogP contribution in [0.4, 0.5) is 0 Å². The van der Waals surface area contributed by atoms with Crippen LogP contribution in [0.5, 0.6) is 0 Å². The lowest BCUT2D eigenvalue weighted by atomic mass is 9.82. The van der Waals surface area contributed by atoms with E-state index in [2.05, 4.69) is 5.32 Å². The molecule has 0 radical (unpaired) electrons. The van der Waals surface area contributed by atoms with Gasteiger partial charge in [0.1, 0.15) is 0 Å². The van der Waals surface area contributed by atoms with Crippen molar-refractivity contribution in [1.29, 1.82) is 0 Å². The standard InChI is InChI=1S/C14H21NO3/c1-3-10(4-2)15-13(16)11-8-5-6-9(7-8)12(11)14(17)18/h5-6,8-12H,3-4,7H2,1-2H3,(H,15,16)(H,17,18)/t8-,9+,11-,12+/m1/s1. The minimum atomic E-state index is -0.837. The zero-order chi connectivity index (χ0) is 13.3. The second-order valence-electron chi connectivity index (χ2n) is 5.36. The van der Waals surface area contributed by atoms with E-state index in [1.807, 2.05) is 26.0 Å². The molecule has 2 aliphatic rings. The van der Waals surface area contributed by atoms with Crippen LogP contribution in [0.1, 0.15) is 33.1 Å². The van der Waals surface area contributed by atoms with Gasteiger partial charge in [-0.3, -0.25) is 9.59 Å². The molecule has 0 aromatic carbocycles. The highest BCUT2D eigenvalue weighted by Crippen LogP contribution is 2.48. The molecule has 1 saturated carbocycles. The van der Waals surface area contributed by atoms with Crippen molar-refractivity contribution in [3.05, 3.63) is 12.2 Å². The smallest absolute Gasteiger partial charge is 0.307 e. The molecule has 0 spiro atoms. The SMILES string of the molecule is CCC(CC)NC(=O)[C@H]1[C@@H](C(=O)O)[C@H]2C=C[C@@H]1C2. The molecular formula is C14H21NO3. The lowest BCUT2D eigenvalue weighted by Crippen LogP contribution is -2.44. The van der Waals surface area contributed by atoms with Gasteiger partial charge >= 0.3 is 5.97 Å². The number of fused-ring (bicyclic) bond motifs is 2. The predicted octanol–water partition coefficient (Wildman–Crippen LogP) is 1.81. The van der Waals surface area contributed by atoms with Gasteiger partial charge in [-0.05, 0) is 31.1 Å². The zero-order valence-electron chi connectivity index (χ0n) is 10.9. The first kappa shape index (κ1) is 13.1. The van der Waals surface area contributed by atoms with E-state index in [-0.39, 0.29) is 29.7 Å². The lowest BCUT2D eigenvalue weighted by molar-refractivity contribution is -0.148. The average molecular weight is 251 g/mol. The molecule has 2 N–H and O–H groups in total. The number of rotatable bonds is 5. The number of carboxylic acid groups (broad SMARTS) is 1. The lowest BCUT2D eigenvalue weighted by Gasteiger charge is -2.26. The first-order valence-electron chi connectivity index (χ1n) is 6.80. The number of hydrogen-bond donors (Lipinski definition) is 2. The molecule has 4 nitrogen and oxygen atoms in total. The maximum Gasteiger partial charge on any atom is 0.307 e. The highest BCUT2D eigenvalue weighted by Gasteiger charge is 2.51. The summed E-state index contributed by atoms with van der Waals surface area (Å²) in [6.45, 7) is 4.06. The van der Waals surface area contributed by atoms with Gasteiger partial charge in [-0.25, -0.2) is 0 Å². The molecule has 2 aliphatic carbocycles. The molecule has 4 heteroatoms. The van der Waals surface area contributed by atoms with E-state index in [1.165, 1.54) is 0 Å². The Morgan fingerprint density at radius 3 is 2.28 bits per heavy atom. The largest absolute Gasteiger partial charge is 0.481 e. The molecule has 4 atom stereocenters. The second-order valence-corrected chi connectivity index (χ2v) is 5.36. The first-order valence-corrected chi connectivity index (χ1v) is 6.80. The van der Waals surface area contributed by atoms with E-state index in [9.17, 15) is 14.7 Å². The first-order chi connectivity index (χ1) is 8.58. The van der Waals surface area contributed by atoms with Crippen molar-refractivity contribution < 1.29 is 14.7 Å². The normalized spacial score (nSPS) is 33.1. The molecular weight excluding hydrogens is 230 g/mol. The van der Waals surface area contributed by atoms with Crippen LogP contribution in [0.25, 0.3) is 0 Å². The van der Waals surface area contributed by atoms with Crippen molar-refractivity contribution in [3.63, 3.8) is 0 Å². The topological polar surface area (TPSA) is 66.4 Å². The summed E-state index contributed by atoms with van der Waals surface area (Å²) in [7, 11) is 0. The third kappa shape index (κ3) is 2.16. The number of carboxylic acids is 1. The minimum absolute atomic E-state index is 0.0463. The molecule has 100 valence electrons. The summed E-state index contributed by atoms with van der Waals surface area (Å²) in [6, 6.07) is 0.162. The van der Waals surface area contributed by atoms with Crippen LogP contribution in [-0.2, 0) is 9.59 Å². The molecule has 0 saturated heterocycles. The van der Waals surface area contributed by atoms with Gasteiger partial charge < -0.3 is 10.4 Å². The Kier molecular flexibility index (Phi) is 3.73. The highest BCUT2D eigenvalue weighted by atomic mass is 16.4. The summed E-state index contributed by atoms with van der Waals surface area (Å²) in [5, 5.41) is 12.3. The van der Waals surface area contributed by atoms with Crippen LogP contribution in [0.15, 0.2) is 12.2 Å². The van der Waals surface area contributed by atoms with Gasteiger partial charge in [-0.15, -0.1) is 0 Å². The average Bonchev–Trinajstić information content (AvgIpc) is 2.95. The Balaban J connectivity index is 2.09. The Morgan fingerprint density at radius 1 is 1.22 bits per heavy atom. The summed E-state index contributed by atoms with van der Waals surface area (Å²) < 4.78 is 0. The molecule has 0 aromatic rings. The maximum absolute atomic E-state index is 12.3. The summed E-state index contributed by atoms with van der Waals surface area (Å²) in [4.78, 5) is 23.6. The Labute approximate surface area is 107 Å². The van der Waals surface area contributed by atoms with E-state index >= 15 is 0 Å². The van der Waals surface area contributed by atoms with E-state index in [0.717, 1.165) is 19.3 Å². The van der Waals surface area contributed by atoms with Gasteiger partial charge in [0.25, 0.3) is 0 Å². The molecule has 18 heavy (non-hydrogen) atoms. The van der Waals surface area contributed by atoms with Crippen LogP contribution < -0.4 is 5.32 Å². The van der Waals surface area contributed by atoms with Gasteiger partial charge in [-0.2, -0.15) is 0 Å². The fourth-order valence-corrected chi connectivity index (χ4v) is 3.31. The fourth-order valence-electron chi connectivity index (χ4n) is 3.31. The second kappa shape index (κ2) is 5.12. The summed E-state index contributed by atoms with van der Waals surface area (Å²) in [5.41, 5.74) is 0. The van der Waals surface area contributed by atoms with Gasteiger partial charge in [0.05, 0.1) is 11.8 Å². The Hall–Kier alpha value is -1.32. The Bertz CT molecular complexity index is 373. The number of nitrogens with one attached hydrogen (secondary N) is 1. The van der Waals surface area contributed by atoms with E-state index in [4.69, 9.17) is 0 Å². The number of allylic oxidation sites excluding steroid dienone is 2. The monoisotopic (exact) mass is 251 g/mol. The third-order valence-electron chi connectivity index (χ3n) is 4.38. The molecule has 0 unspecified atom stereocenters. The molecule has 1 fully saturated rings. The number of aliphatic carboxylic acids is 1. The number of carbonyl (C=O) groups excluding carboxylic acids is 1. The summed E-state index contributed by atoms with van der Waals surface area (Å²) in [6.07, 6.45) is 6.57. The molecule has 2 rings (SSSR count). The minimum Gasteiger partial charge on any atom is -0.481 e. The fraction of sp³-hybridized carbons (Fsp3) is 0.714. The molecule has 2 bridgehead atoms. The molecule has 0 heterocycles. The molecule has 1 amide bonds. The number of hydrogen-bond acceptors (Lipinski definition) is 2. The van der Waals surface area contributed by atoms with Gasteiger partial charge in [0, 0.05) is 6.04 Å². The van der Waals surface area contributed by atoms with E-state index < -0.39 is 11.9 Å². The zero-order valence-corrected chi connectivity index (χ0v) is 10.9. The summed E-state index contributed by atoms with van der Waals surface area (Å²) in [5.74, 6) is -1.66. The molecule has 0 aliphatic heterocycles. The van der Waals surface area contributed by atoms with Crippen LogP contribution in [0, 0.1) is 23.7 Å². The van der Waals surface area contributed by atoms with Crippen molar-refractivity contribution >= 4 is 11.9 Å². The van der Waals surface area contributed by atoms with Crippen LogP contribution in [0.3, 0.4) is 0 Å². The van der Waals surface area contributed by atoms with Crippen LogP contribution >= 0.6 is 0 Å². The van der Waals surface area contributed by atoms with Gasteiger partial charge in [-0.1, -0.05) is 26.0 Å². The van der Waals surface area contributed by atoms with Crippen LogP contribution in [-0.4, -0.2) is 23.0 Å². The van der Waals surface area contributed by atoms with Gasteiger partial charge in [0.15, 0.2) is 0 Å². The van der Waals surface area contributed by atoms with E-state index in [1.54, 1.807) is 0 Å². The van der Waals surface area contributed by atoms with Crippen molar-refractivity contribution in [2.75, 3.05) is 0 Å². The van der Waals surface area contributed by atoms with Crippen LogP contribution in [0.2, 0.25) is 0 Å². The van der Waals surface area contributed by atoms with Crippen molar-refractivity contribution in [2.24, 2.45) is 23.7 Å². The highest BCUT2D eigenvalue weighted by molar-refractivity contribution is 5.87. The predicted molar refractivity (Wildman–Crippen MR) is 67.9 cm³/mol.